The summed E-state index contributed by atoms with van der Waals surface area (Å²) < 4.78 is 4.66. The van der Waals surface area contributed by atoms with Crippen molar-refractivity contribution in [3.63, 3.8) is 0 Å². The van der Waals surface area contributed by atoms with Gasteiger partial charge in [-0.05, 0) is 24.7 Å². The predicted molar refractivity (Wildman–Crippen MR) is 87.9 cm³/mol. The lowest BCUT2D eigenvalue weighted by Crippen LogP contribution is -2.39. The van der Waals surface area contributed by atoms with Crippen molar-refractivity contribution >= 4 is 23.4 Å². The predicted octanol–water partition coefficient (Wildman–Crippen LogP) is 1.45. The van der Waals surface area contributed by atoms with Crippen LogP contribution in [-0.4, -0.2) is 18.7 Å². The van der Waals surface area contributed by atoms with Gasteiger partial charge in [0, 0.05) is 14.1 Å². The van der Waals surface area contributed by atoms with Gasteiger partial charge in [0.1, 0.15) is 5.65 Å². The number of hydrogen-bond acceptors (Lipinski definition) is 3. The molecule has 0 saturated heterocycles. The highest BCUT2D eigenvalue weighted by atomic mass is 32.1. The van der Waals surface area contributed by atoms with Crippen molar-refractivity contribution in [2.24, 2.45) is 14.1 Å². The molecule has 0 fully saturated rings. The first-order valence-electron chi connectivity index (χ1n) is 6.84. The largest absolute Gasteiger partial charge is 0.332 e. The number of aromatic amines is 1. The molecule has 0 unspecified atom stereocenters. The normalized spacial score (nSPS) is 11.2. The average Bonchev–Trinajstić information content (AvgIpc) is 2.79. The summed E-state index contributed by atoms with van der Waals surface area (Å²) in [4.78, 5) is 28.0. The molecule has 114 valence electrons. The van der Waals surface area contributed by atoms with E-state index in [0.29, 0.717) is 15.9 Å². The Labute approximate surface area is 131 Å². The SMILES string of the molecule is Cc1ccc(Cn2c(=O)c3c([nH]c(=S)n3C)n(C)c2=O)cc1. The fourth-order valence-corrected chi connectivity index (χ4v) is 2.69. The van der Waals surface area contributed by atoms with E-state index < -0.39 is 0 Å². The molecular weight excluding hydrogens is 300 g/mol. The Morgan fingerprint density at radius 1 is 1.09 bits per heavy atom. The summed E-state index contributed by atoms with van der Waals surface area (Å²) in [5, 5.41) is 0. The number of rotatable bonds is 2. The molecule has 0 aliphatic heterocycles. The molecule has 2 aromatic heterocycles. The highest BCUT2D eigenvalue weighted by molar-refractivity contribution is 7.71. The number of aryl methyl sites for hydroxylation is 3. The zero-order chi connectivity index (χ0) is 16.0. The highest BCUT2D eigenvalue weighted by Gasteiger charge is 2.15. The maximum atomic E-state index is 12.7. The Morgan fingerprint density at radius 3 is 2.36 bits per heavy atom. The van der Waals surface area contributed by atoms with E-state index in [0.717, 1.165) is 11.1 Å². The number of H-pyrrole nitrogens is 1. The molecule has 0 aliphatic rings. The number of imidazole rings is 1. The van der Waals surface area contributed by atoms with Crippen LogP contribution in [0.4, 0.5) is 0 Å². The van der Waals surface area contributed by atoms with Crippen LogP contribution in [0, 0.1) is 11.7 Å². The molecule has 1 aromatic carbocycles. The average molecular weight is 316 g/mol. The Morgan fingerprint density at radius 2 is 1.73 bits per heavy atom. The third-order valence-corrected chi connectivity index (χ3v) is 4.23. The fraction of sp³-hybridized carbons (Fsp3) is 0.267. The van der Waals surface area contributed by atoms with Crippen LogP contribution < -0.4 is 11.2 Å². The van der Waals surface area contributed by atoms with E-state index in [9.17, 15) is 9.59 Å². The molecule has 3 aromatic rings. The van der Waals surface area contributed by atoms with Gasteiger partial charge in [0.2, 0.25) is 0 Å². The molecule has 7 heteroatoms. The van der Waals surface area contributed by atoms with Crippen LogP contribution in [0.2, 0.25) is 0 Å². The zero-order valence-electron chi connectivity index (χ0n) is 12.6. The molecule has 0 saturated carbocycles. The summed E-state index contributed by atoms with van der Waals surface area (Å²) >= 11 is 5.15. The summed E-state index contributed by atoms with van der Waals surface area (Å²) in [5.74, 6) is 0. The molecule has 3 rings (SSSR count). The third-order valence-electron chi connectivity index (χ3n) is 3.85. The maximum absolute atomic E-state index is 12.7. The van der Waals surface area contributed by atoms with Crippen molar-refractivity contribution in [3.05, 3.63) is 61.0 Å². The van der Waals surface area contributed by atoms with E-state index in [1.807, 2.05) is 31.2 Å². The highest BCUT2D eigenvalue weighted by Crippen LogP contribution is 2.07. The van der Waals surface area contributed by atoms with Gasteiger partial charge in [-0.25, -0.2) is 4.79 Å². The number of hydrogen-bond donors (Lipinski definition) is 1. The van der Waals surface area contributed by atoms with Crippen molar-refractivity contribution in [1.82, 2.24) is 18.7 Å². The van der Waals surface area contributed by atoms with Gasteiger partial charge >= 0.3 is 5.69 Å². The second-order valence-corrected chi connectivity index (χ2v) is 5.79. The van der Waals surface area contributed by atoms with Crippen LogP contribution in [0.3, 0.4) is 0 Å². The minimum atomic E-state index is -0.366. The van der Waals surface area contributed by atoms with Crippen LogP contribution in [0.1, 0.15) is 11.1 Å². The first-order valence-corrected chi connectivity index (χ1v) is 7.25. The molecule has 22 heavy (non-hydrogen) atoms. The summed E-state index contributed by atoms with van der Waals surface area (Å²) in [6.07, 6.45) is 0. The van der Waals surface area contributed by atoms with Gasteiger partial charge in [-0.15, -0.1) is 0 Å². The summed E-state index contributed by atoms with van der Waals surface area (Å²) in [6, 6.07) is 7.75. The molecule has 0 spiro atoms. The van der Waals surface area contributed by atoms with Gasteiger partial charge in [-0.1, -0.05) is 29.8 Å². The van der Waals surface area contributed by atoms with Crippen molar-refractivity contribution in [1.29, 1.82) is 0 Å². The summed E-state index contributed by atoms with van der Waals surface area (Å²) in [7, 11) is 3.34. The van der Waals surface area contributed by atoms with Crippen LogP contribution >= 0.6 is 12.2 Å². The van der Waals surface area contributed by atoms with Gasteiger partial charge in [-0.2, -0.15) is 0 Å². The van der Waals surface area contributed by atoms with E-state index in [-0.39, 0.29) is 17.8 Å². The Bertz CT molecular complexity index is 1030. The lowest BCUT2D eigenvalue weighted by atomic mass is 10.1. The molecule has 0 amide bonds. The van der Waals surface area contributed by atoms with Crippen LogP contribution in [-0.2, 0) is 20.6 Å². The number of aromatic nitrogens is 4. The monoisotopic (exact) mass is 316 g/mol. The van der Waals surface area contributed by atoms with E-state index in [4.69, 9.17) is 12.2 Å². The Balaban J connectivity index is 2.28. The smallest absolute Gasteiger partial charge is 0.316 e. The lowest BCUT2D eigenvalue weighted by molar-refractivity contribution is 0.655. The van der Waals surface area contributed by atoms with Crippen molar-refractivity contribution < 1.29 is 0 Å². The summed E-state index contributed by atoms with van der Waals surface area (Å²) in [5.41, 5.74) is 2.18. The third kappa shape index (κ3) is 2.14. The van der Waals surface area contributed by atoms with Crippen molar-refractivity contribution in [3.8, 4) is 0 Å². The minimum absolute atomic E-state index is 0.236. The van der Waals surface area contributed by atoms with Gasteiger partial charge in [0.25, 0.3) is 5.56 Å². The zero-order valence-corrected chi connectivity index (χ0v) is 13.4. The van der Waals surface area contributed by atoms with E-state index in [1.54, 1.807) is 18.7 Å². The van der Waals surface area contributed by atoms with E-state index in [2.05, 4.69) is 4.98 Å². The molecule has 0 atom stereocenters. The topological polar surface area (TPSA) is 64.7 Å². The number of benzene rings is 1. The molecule has 0 bridgehead atoms. The van der Waals surface area contributed by atoms with Crippen LogP contribution in [0.25, 0.3) is 11.2 Å². The van der Waals surface area contributed by atoms with Gasteiger partial charge < -0.3 is 9.55 Å². The van der Waals surface area contributed by atoms with Gasteiger partial charge in [-0.3, -0.25) is 13.9 Å². The van der Waals surface area contributed by atoms with Gasteiger partial charge in [0.15, 0.2) is 10.3 Å². The van der Waals surface area contributed by atoms with Gasteiger partial charge in [0.05, 0.1) is 6.54 Å². The fourth-order valence-electron chi connectivity index (χ4n) is 2.50. The Kier molecular flexibility index (Phi) is 3.37. The molecule has 6 nitrogen and oxygen atoms in total. The van der Waals surface area contributed by atoms with E-state index >= 15 is 0 Å². The van der Waals surface area contributed by atoms with Crippen LogP contribution in [0.15, 0.2) is 33.9 Å². The second-order valence-electron chi connectivity index (χ2n) is 5.40. The number of fused-ring (bicyclic) bond motifs is 1. The van der Waals surface area contributed by atoms with E-state index in [1.165, 1.54) is 9.13 Å². The molecule has 1 N–H and O–H groups in total. The number of nitrogens with one attached hydrogen (secondary N) is 1. The first-order chi connectivity index (χ1) is 10.4. The second kappa shape index (κ2) is 5.10. The summed E-state index contributed by atoms with van der Waals surface area (Å²) in [6.45, 7) is 2.23. The molecular formula is C15H16N4O2S. The standard InChI is InChI=1S/C15H16N4O2S/c1-9-4-6-10(7-5-9)8-19-13(20)11-12(18(3)15(19)21)16-14(22)17(11)2/h4-7H,8H2,1-3H3,(H,16,22). The first kappa shape index (κ1) is 14.5. The number of nitrogens with zero attached hydrogens (tertiary/aromatic N) is 3. The lowest BCUT2D eigenvalue weighted by Gasteiger charge is -2.09. The maximum Gasteiger partial charge on any atom is 0.332 e. The Hall–Kier alpha value is -2.41. The molecule has 0 aliphatic carbocycles. The van der Waals surface area contributed by atoms with Crippen molar-refractivity contribution in [2.75, 3.05) is 0 Å². The van der Waals surface area contributed by atoms with Crippen molar-refractivity contribution in [2.45, 2.75) is 13.5 Å². The quantitative estimate of drug-likeness (QED) is 0.728. The molecule has 0 radical (unpaired) electrons. The molecule has 2 heterocycles. The minimum Gasteiger partial charge on any atom is -0.316 e. The van der Waals surface area contributed by atoms with Crippen LogP contribution in [0.5, 0.6) is 0 Å².